The third-order valence-electron chi connectivity index (χ3n) is 5.87. The Labute approximate surface area is 221 Å². The van der Waals surface area contributed by atoms with E-state index in [1.54, 1.807) is 0 Å². The highest BCUT2D eigenvalue weighted by atomic mass is 79.9. The second kappa shape index (κ2) is 13.3. The highest BCUT2D eigenvalue weighted by Crippen LogP contribution is 2.44. The highest BCUT2D eigenvalue weighted by Gasteiger charge is 2.35. The molecule has 0 saturated carbocycles. The number of hydrogen-bond acceptors (Lipinski definition) is 5. The number of fused-ring (bicyclic) bond motifs is 2. The van der Waals surface area contributed by atoms with Crippen molar-refractivity contribution in [1.82, 2.24) is 0 Å². The molecule has 0 aromatic heterocycles. The fourth-order valence-electron chi connectivity index (χ4n) is 4.34. The molecule has 0 saturated heterocycles. The van der Waals surface area contributed by atoms with E-state index in [9.17, 15) is 9.90 Å². The van der Waals surface area contributed by atoms with Crippen LogP contribution in [0.15, 0.2) is 76.1 Å². The number of rotatable bonds is 7. The average molecular weight is 558 g/mol. The number of halogens is 1. The normalized spacial score (nSPS) is 17.2. The molecule has 1 aliphatic carbocycles. The van der Waals surface area contributed by atoms with Crippen LogP contribution in [0.25, 0.3) is 0 Å². The number of esters is 1. The zero-order valence-corrected chi connectivity index (χ0v) is 23.1. The van der Waals surface area contributed by atoms with Crippen molar-refractivity contribution in [2.45, 2.75) is 63.6 Å². The second-order valence-electron chi connectivity index (χ2n) is 8.43. The highest BCUT2D eigenvalue weighted by molar-refractivity contribution is 9.10. The van der Waals surface area contributed by atoms with Gasteiger partial charge in [-0.05, 0) is 66.3 Å². The summed E-state index contributed by atoms with van der Waals surface area (Å²) >= 11 is 4.82. The van der Waals surface area contributed by atoms with Crippen LogP contribution in [0.3, 0.4) is 0 Å². The fourth-order valence-corrected chi connectivity index (χ4v) is 5.33. The summed E-state index contributed by atoms with van der Waals surface area (Å²) in [5, 5.41) is 10.9. The number of carbonyl (C=O) groups is 1. The Morgan fingerprint density at radius 3 is 2.46 bits per heavy atom. The number of hydrogen-bond donors (Lipinski definition) is 1. The third-order valence-corrected chi connectivity index (χ3v) is 7.08. The van der Waals surface area contributed by atoms with Gasteiger partial charge in [-0.2, -0.15) is 0 Å². The van der Waals surface area contributed by atoms with Crippen molar-refractivity contribution < 1.29 is 18.8 Å². The van der Waals surface area contributed by atoms with Crippen molar-refractivity contribution in [3.63, 3.8) is 0 Å². The average Bonchev–Trinajstić information content (AvgIpc) is 2.96. The van der Waals surface area contributed by atoms with E-state index in [0.717, 1.165) is 32.5 Å². The smallest absolute Gasteiger partial charge is 0.303 e. The van der Waals surface area contributed by atoms with E-state index in [1.807, 2.05) is 69.3 Å². The lowest BCUT2D eigenvalue weighted by molar-refractivity contribution is -0.148. The number of ether oxygens (including phenoxy) is 1. The number of aliphatic hydroxyl groups excluding tert-OH is 1. The molecule has 6 heteroatoms. The molecule has 4 nitrogen and oxygen atoms in total. The van der Waals surface area contributed by atoms with Crippen molar-refractivity contribution >= 4 is 33.9 Å². The van der Waals surface area contributed by atoms with Crippen molar-refractivity contribution in [3.8, 4) is 0 Å². The quantitative estimate of drug-likeness (QED) is 0.240. The van der Waals surface area contributed by atoms with E-state index in [1.165, 1.54) is 30.1 Å². The Balaban J connectivity index is 0.00000167. The van der Waals surface area contributed by atoms with Gasteiger partial charge in [-0.15, -0.1) is 0 Å². The molecule has 3 aromatic carbocycles. The molecular formula is C29H33BrO4S. The first-order valence-electron chi connectivity index (χ1n) is 12.0. The monoisotopic (exact) mass is 556 g/mol. The van der Waals surface area contributed by atoms with Gasteiger partial charge in [-0.1, -0.05) is 77.8 Å². The molecule has 0 radical (unpaired) electrons. The molecular weight excluding hydrogens is 524 g/mol. The summed E-state index contributed by atoms with van der Waals surface area (Å²) in [7, 11) is 0. The van der Waals surface area contributed by atoms with Gasteiger partial charge in [0.2, 0.25) is 0 Å². The Hall–Kier alpha value is -2.12. The standard InChI is InChI=1S/C27H27BrO4S.C2H6/c1-17-7-11-23(12-8-17)33-31-16-22(30)15-26-24-6-4-3-5-19(24)13-20-9-10-21(28)14-25(20)27(26)32-18(2)29;1-2/h3-12,14,22,26-27,30H,13,15-16H2,1-2H3;1-2H3. The van der Waals surface area contributed by atoms with E-state index in [-0.39, 0.29) is 18.5 Å². The number of aryl methyl sites for hydroxylation is 1. The van der Waals surface area contributed by atoms with Gasteiger partial charge < -0.3 is 14.0 Å². The van der Waals surface area contributed by atoms with Gasteiger partial charge in [-0.25, -0.2) is 0 Å². The van der Waals surface area contributed by atoms with Crippen LogP contribution in [0.1, 0.15) is 67.0 Å². The predicted octanol–water partition coefficient (Wildman–Crippen LogP) is 7.55. The summed E-state index contributed by atoms with van der Waals surface area (Å²) in [5.74, 6) is -0.528. The zero-order chi connectivity index (χ0) is 25.4. The van der Waals surface area contributed by atoms with Crippen LogP contribution < -0.4 is 0 Å². The van der Waals surface area contributed by atoms with E-state index < -0.39 is 12.2 Å². The van der Waals surface area contributed by atoms with E-state index >= 15 is 0 Å². The molecule has 35 heavy (non-hydrogen) atoms. The molecule has 0 heterocycles. The lowest BCUT2D eigenvalue weighted by Gasteiger charge is -2.29. The van der Waals surface area contributed by atoms with Gasteiger partial charge in [-0.3, -0.25) is 4.79 Å². The van der Waals surface area contributed by atoms with E-state index in [2.05, 4.69) is 34.1 Å². The van der Waals surface area contributed by atoms with Crippen LogP contribution >= 0.6 is 28.0 Å². The Bertz CT molecular complexity index is 1120. The summed E-state index contributed by atoms with van der Waals surface area (Å²) in [6.07, 6.45) is -0.0380. The first-order valence-corrected chi connectivity index (χ1v) is 13.5. The Morgan fingerprint density at radius 1 is 1.06 bits per heavy atom. The van der Waals surface area contributed by atoms with Gasteiger partial charge in [0.15, 0.2) is 0 Å². The van der Waals surface area contributed by atoms with Crippen LogP contribution in [0.5, 0.6) is 0 Å². The molecule has 1 N–H and O–H groups in total. The third kappa shape index (κ3) is 7.43. The molecule has 0 amide bonds. The van der Waals surface area contributed by atoms with Crippen molar-refractivity contribution in [3.05, 3.63) is 99.0 Å². The fraction of sp³-hybridized carbons (Fsp3) is 0.345. The second-order valence-corrected chi connectivity index (χ2v) is 10.2. The van der Waals surface area contributed by atoms with Gasteiger partial charge >= 0.3 is 5.97 Å². The van der Waals surface area contributed by atoms with Gasteiger partial charge in [0, 0.05) is 34.3 Å². The lowest BCUT2D eigenvalue weighted by atomic mass is 9.84. The number of benzene rings is 3. The molecule has 0 spiro atoms. The summed E-state index contributed by atoms with van der Waals surface area (Å²) in [6.45, 7) is 7.65. The van der Waals surface area contributed by atoms with Crippen LogP contribution in [0.2, 0.25) is 0 Å². The first kappa shape index (κ1) is 27.5. The molecule has 0 aliphatic heterocycles. The maximum absolute atomic E-state index is 12.1. The predicted molar refractivity (Wildman–Crippen MR) is 146 cm³/mol. The molecule has 3 aromatic rings. The minimum atomic E-state index is -0.715. The first-order chi connectivity index (χ1) is 16.9. The molecule has 0 bridgehead atoms. The van der Waals surface area contributed by atoms with Crippen LogP contribution in [-0.2, 0) is 20.1 Å². The minimum Gasteiger partial charge on any atom is -0.457 e. The largest absolute Gasteiger partial charge is 0.457 e. The maximum atomic E-state index is 12.1. The van der Waals surface area contributed by atoms with Crippen molar-refractivity contribution in [1.29, 1.82) is 0 Å². The van der Waals surface area contributed by atoms with Crippen LogP contribution in [0.4, 0.5) is 0 Å². The molecule has 4 rings (SSSR count). The summed E-state index contributed by atoms with van der Waals surface area (Å²) in [4.78, 5) is 13.1. The summed E-state index contributed by atoms with van der Waals surface area (Å²) < 4.78 is 12.6. The molecule has 0 fully saturated rings. The Kier molecular flexibility index (Phi) is 10.4. The maximum Gasteiger partial charge on any atom is 0.303 e. The lowest BCUT2D eigenvalue weighted by Crippen LogP contribution is -2.24. The van der Waals surface area contributed by atoms with Gasteiger partial charge in [0.1, 0.15) is 6.10 Å². The van der Waals surface area contributed by atoms with Gasteiger partial charge in [0.05, 0.1) is 12.7 Å². The number of aliphatic hydroxyl groups is 1. The summed E-state index contributed by atoms with van der Waals surface area (Å²) in [5.41, 5.74) is 5.57. The Morgan fingerprint density at radius 2 is 1.74 bits per heavy atom. The number of carbonyl (C=O) groups excluding carboxylic acids is 1. The molecule has 1 aliphatic rings. The molecule has 186 valence electrons. The van der Waals surface area contributed by atoms with E-state index in [4.69, 9.17) is 8.92 Å². The van der Waals surface area contributed by atoms with Crippen molar-refractivity contribution in [2.24, 2.45) is 0 Å². The van der Waals surface area contributed by atoms with Gasteiger partial charge in [0.25, 0.3) is 0 Å². The SMILES string of the molecule is CC.CC(=O)OC1c2cc(Br)ccc2Cc2ccccc2C1CC(O)COSc1ccc(C)cc1. The van der Waals surface area contributed by atoms with Crippen molar-refractivity contribution in [2.75, 3.05) is 6.61 Å². The summed E-state index contributed by atoms with van der Waals surface area (Å²) in [6, 6.07) is 22.4. The van der Waals surface area contributed by atoms with Crippen LogP contribution in [-0.4, -0.2) is 23.8 Å². The zero-order valence-electron chi connectivity index (χ0n) is 20.7. The molecule has 3 atom stereocenters. The van der Waals surface area contributed by atoms with E-state index in [0.29, 0.717) is 6.42 Å². The topological polar surface area (TPSA) is 55.8 Å². The van der Waals surface area contributed by atoms with Crippen LogP contribution in [0, 0.1) is 6.92 Å². The molecule has 3 unspecified atom stereocenters. The minimum absolute atomic E-state index is 0.176.